The van der Waals surface area contributed by atoms with Gasteiger partial charge >= 0.3 is 0 Å². The number of nitrogens with two attached hydrogens (primary N) is 1. The Morgan fingerprint density at radius 1 is 1.42 bits per heavy atom. The number of ether oxygens (including phenoxy) is 1. The first kappa shape index (κ1) is 20.4. The van der Waals surface area contributed by atoms with Gasteiger partial charge < -0.3 is 10.5 Å². The second-order valence-corrected chi connectivity index (χ2v) is 13.6. The highest BCUT2D eigenvalue weighted by atomic mass is 28.3. The Morgan fingerprint density at radius 3 is 2.73 bits per heavy atom. The highest BCUT2D eigenvalue weighted by molar-refractivity contribution is 6.76. The second kappa shape index (κ2) is 8.64. The molecule has 1 unspecified atom stereocenters. The zero-order valence-electron chi connectivity index (χ0n) is 16.4. The molecule has 1 atom stereocenters. The third-order valence-electron chi connectivity index (χ3n) is 4.52. The molecule has 0 fully saturated rings. The molecule has 2 rings (SSSR count). The lowest BCUT2D eigenvalue weighted by Gasteiger charge is -2.15. The van der Waals surface area contributed by atoms with E-state index in [-0.39, 0.29) is 11.8 Å². The van der Waals surface area contributed by atoms with Crippen molar-refractivity contribution >= 4 is 24.9 Å². The van der Waals surface area contributed by atoms with Crippen LogP contribution in [0.15, 0.2) is 30.9 Å². The maximum atomic E-state index is 11.9. The molecule has 2 N–H and O–H groups in total. The molecule has 142 valence electrons. The molecule has 26 heavy (non-hydrogen) atoms. The van der Waals surface area contributed by atoms with Crippen molar-refractivity contribution in [3.8, 4) is 0 Å². The molecule has 5 nitrogen and oxygen atoms in total. The summed E-state index contributed by atoms with van der Waals surface area (Å²) in [6.45, 7) is 13.9. The number of amides is 1. The van der Waals surface area contributed by atoms with Gasteiger partial charge in [0.2, 0.25) is 5.91 Å². The van der Waals surface area contributed by atoms with Crippen LogP contribution in [0.25, 0.3) is 10.9 Å². The van der Waals surface area contributed by atoms with Gasteiger partial charge in [-0.15, -0.1) is 6.58 Å². The van der Waals surface area contributed by atoms with Gasteiger partial charge in [-0.2, -0.15) is 5.10 Å². The van der Waals surface area contributed by atoms with Crippen LogP contribution in [-0.4, -0.2) is 30.4 Å². The van der Waals surface area contributed by atoms with Gasteiger partial charge in [0.15, 0.2) is 0 Å². The number of benzene rings is 1. The van der Waals surface area contributed by atoms with Crippen LogP contribution < -0.4 is 5.73 Å². The number of aromatic nitrogens is 2. The molecule has 0 bridgehead atoms. The Balaban J connectivity index is 2.35. The first-order valence-electron chi connectivity index (χ1n) is 9.24. The zero-order valence-corrected chi connectivity index (χ0v) is 17.4. The highest BCUT2D eigenvalue weighted by Crippen LogP contribution is 2.28. The third kappa shape index (κ3) is 5.05. The summed E-state index contributed by atoms with van der Waals surface area (Å²) < 4.78 is 7.74. The predicted octanol–water partition coefficient (Wildman–Crippen LogP) is 4.06. The summed E-state index contributed by atoms with van der Waals surface area (Å²) in [7, 11) is -1.13. The summed E-state index contributed by atoms with van der Waals surface area (Å²) in [6.07, 6.45) is 3.30. The molecule has 0 spiro atoms. The van der Waals surface area contributed by atoms with Crippen molar-refractivity contribution in [2.45, 2.75) is 58.1 Å². The fourth-order valence-electron chi connectivity index (χ4n) is 2.95. The lowest BCUT2D eigenvalue weighted by Crippen LogP contribution is -2.22. The van der Waals surface area contributed by atoms with E-state index >= 15 is 0 Å². The molecule has 1 aromatic carbocycles. The maximum absolute atomic E-state index is 11.9. The van der Waals surface area contributed by atoms with Crippen LogP contribution in [0.1, 0.15) is 30.5 Å². The largest absolute Gasteiger partial charge is 0.369 e. The fraction of sp³-hybridized carbons (Fsp3) is 0.500. The van der Waals surface area contributed by atoms with Crippen LogP contribution in [0.4, 0.5) is 0 Å². The average molecular weight is 374 g/mol. The standard InChI is InChI=1S/C20H31N3O2Si/c1-6-8-15-9-10-17-18(13-15)23(14-25-11-12-26(3,4)5)22-19(17)16(7-2)20(21)24/h6,9-10,13,16H,1,7-8,11-12,14H2,2-5H3,(H2,21,24). The molecule has 0 saturated carbocycles. The van der Waals surface area contributed by atoms with Crippen LogP contribution in [-0.2, 0) is 22.7 Å². The molecule has 0 aliphatic heterocycles. The van der Waals surface area contributed by atoms with Crippen molar-refractivity contribution in [3.63, 3.8) is 0 Å². The predicted molar refractivity (Wildman–Crippen MR) is 110 cm³/mol. The third-order valence-corrected chi connectivity index (χ3v) is 6.22. The number of carbonyl (C=O) groups is 1. The number of primary amides is 1. The number of carbonyl (C=O) groups excluding carboxylic acids is 1. The lowest BCUT2D eigenvalue weighted by atomic mass is 9.98. The van der Waals surface area contributed by atoms with Crippen LogP contribution in [0.5, 0.6) is 0 Å². The molecule has 0 saturated heterocycles. The van der Waals surface area contributed by atoms with Gasteiger partial charge in [0.25, 0.3) is 0 Å². The number of hydrogen-bond acceptors (Lipinski definition) is 3. The van der Waals surface area contributed by atoms with E-state index in [1.165, 1.54) is 0 Å². The SMILES string of the molecule is C=CCc1ccc2c(C(CC)C(N)=O)nn(COCC[Si](C)(C)C)c2c1. The van der Waals surface area contributed by atoms with Gasteiger partial charge in [-0.05, 0) is 30.5 Å². The van der Waals surface area contributed by atoms with Crippen LogP contribution in [0.3, 0.4) is 0 Å². The summed E-state index contributed by atoms with van der Waals surface area (Å²) >= 11 is 0. The summed E-state index contributed by atoms with van der Waals surface area (Å²) in [5.74, 6) is -0.722. The fourth-order valence-corrected chi connectivity index (χ4v) is 3.71. The van der Waals surface area contributed by atoms with Crippen LogP contribution in [0.2, 0.25) is 25.7 Å². The Labute approximate surface area is 157 Å². The summed E-state index contributed by atoms with van der Waals surface area (Å²) in [5, 5.41) is 5.66. The number of fused-ring (bicyclic) bond motifs is 1. The minimum absolute atomic E-state index is 0.339. The van der Waals surface area contributed by atoms with Gasteiger partial charge in [0.1, 0.15) is 6.73 Å². The first-order chi connectivity index (χ1) is 12.3. The Hall–Kier alpha value is -1.92. The van der Waals surface area contributed by atoms with E-state index in [4.69, 9.17) is 15.6 Å². The molecule has 0 aliphatic rings. The quantitative estimate of drug-likeness (QED) is 0.388. The molecule has 1 aromatic heterocycles. The smallest absolute Gasteiger partial charge is 0.226 e. The number of allylic oxidation sites excluding steroid dienone is 1. The summed E-state index contributed by atoms with van der Waals surface area (Å²) in [6, 6.07) is 7.29. The monoisotopic (exact) mass is 373 g/mol. The van der Waals surface area contributed by atoms with Gasteiger partial charge in [-0.25, -0.2) is 4.68 Å². The topological polar surface area (TPSA) is 70.1 Å². The van der Waals surface area contributed by atoms with Gasteiger partial charge in [-0.3, -0.25) is 4.79 Å². The number of rotatable bonds is 10. The Bertz CT molecular complexity index is 777. The summed E-state index contributed by atoms with van der Waals surface area (Å²) in [4.78, 5) is 11.9. The van der Waals surface area contributed by atoms with E-state index < -0.39 is 8.07 Å². The molecule has 0 aliphatic carbocycles. The average Bonchev–Trinajstić information content (AvgIpc) is 2.89. The number of nitrogens with zero attached hydrogens (tertiary/aromatic N) is 2. The van der Waals surface area contributed by atoms with E-state index in [2.05, 4.69) is 38.4 Å². The zero-order chi connectivity index (χ0) is 19.3. The van der Waals surface area contributed by atoms with Crippen LogP contribution in [0, 0.1) is 0 Å². The minimum Gasteiger partial charge on any atom is -0.369 e. The van der Waals surface area contributed by atoms with Crippen LogP contribution >= 0.6 is 0 Å². The molecule has 1 amide bonds. The summed E-state index contributed by atoms with van der Waals surface area (Å²) in [5.41, 5.74) is 8.48. The van der Waals surface area contributed by atoms with Gasteiger partial charge in [-0.1, -0.05) is 44.8 Å². The Morgan fingerprint density at radius 2 is 2.15 bits per heavy atom. The van der Waals surface area contributed by atoms with Gasteiger partial charge in [0.05, 0.1) is 17.1 Å². The van der Waals surface area contributed by atoms with Crippen molar-refractivity contribution in [1.29, 1.82) is 0 Å². The number of hydrogen-bond donors (Lipinski definition) is 1. The van der Waals surface area contributed by atoms with Crippen molar-refractivity contribution in [2.75, 3.05) is 6.61 Å². The van der Waals surface area contributed by atoms with Crippen molar-refractivity contribution < 1.29 is 9.53 Å². The van der Waals surface area contributed by atoms with E-state index in [1.807, 2.05) is 23.7 Å². The molecule has 6 heteroatoms. The Kier molecular flexibility index (Phi) is 6.78. The molecule has 0 radical (unpaired) electrons. The highest BCUT2D eigenvalue weighted by Gasteiger charge is 2.23. The molecule has 2 aromatic rings. The minimum atomic E-state index is -1.13. The van der Waals surface area contributed by atoms with E-state index in [0.29, 0.717) is 13.2 Å². The van der Waals surface area contributed by atoms with Crippen molar-refractivity contribution in [1.82, 2.24) is 9.78 Å². The lowest BCUT2D eigenvalue weighted by molar-refractivity contribution is -0.119. The normalized spacial score (nSPS) is 13.1. The first-order valence-corrected chi connectivity index (χ1v) is 12.9. The van der Waals surface area contributed by atoms with Gasteiger partial charge in [0, 0.05) is 20.1 Å². The van der Waals surface area contributed by atoms with E-state index in [0.717, 1.165) is 41.2 Å². The molecular weight excluding hydrogens is 342 g/mol. The van der Waals surface area contributed by atoms with Crippen molar-refractivity contribution in [2.24, 2.45) is 5.73 Å². The van der Waals surface area contributed by atoms with E-state index in [9.17, 15) is 4.79 Å². The van der Waals surface area contributed by atoms with Crippen molar-refractivity contribution in [3.05, 3.63) is 42.1 Å². The molecule has 1 heterocycles. The second-order valence-electron chi connectivity index (χ2n) is 7.94. The van der Waals surface area contributed by atoms with E-state index in [1.54, 1.807) is 0 Å². The molecular formula is C20H31N3O2Si. The maximum Gasteiger partial charge on any atom is 0.226 e.